The molecule has 1 aliphatic rings. The molecule has 1 aliphatic carbocycles. The Morgan fingerprint density at radius 2 is 1.63 bits per heavy atom. The average molecular weight is 375 g/mol. The average Bonchev–Trinajstić information content (AvgIpc) is 3.25. The number of benzene rings is 2. The molecule has 27 heavy (non-hydrogen) atoms. The summed E-state index contributed by atoms with van der Waals surface area (Å²) in [5, 5.41) is 1.18. The summed E-state index contributed by atoms with van der Waals surface area (Å²) in [5.74, 6) is -0.795. The van der Waals surface area contributed by atoms with Crippen LogP contribution in [-0.2, 0) is 16.0 Å². The molecule has 0 fully saturated rings. The van der Waals surface area contributed by atoms with Crippen molar-refractivity contribution >= 4 is 44.3 Å². The number of hydrogen-bond donors (Lipinski definition) is 0. The maximum absolute atomic E-state index is 13.3. The summed E-state index contributed by atoms with van der Waals surface area (Å²) in [6.45, 7) is 4.88. The Kier molecular flexibility index (Phi) is 4.66. The smallest absolute Gasteiger partial charge is 0.295 e. The number of thiophene rings is 1. The zero-order valence-corrected chi connectivity index (χ0v) is 16.3. The molecule has 0 N–H and O–H groups in total. The maximum atomic E-state index is 13.3. The fourth-order valence-electron chi connectivity index (χ4n) is 3.77. The molecular weight excluding hydrogens is 354 g/mol. The van der Waals surface area contributed by atoms with Gasteiger partial charge in [-0.2, -0.15) is 0 Å². The van der Waals surface area contributed by atoms with E-state index in [1.807, 2.05) is 56.3 Å². The Labute approximate surface area is 162 Å². The van der Waals surface area contributed by atoms with Gasteiger partial charge in [-0.25, -0.2) is 0 Å². The lowest BCUT2D eigenvalue weighted by molar-refractivity contribution is -0.141. The molecule has 0 aliphatic heterocycles. The minimum Gasteiger partial charge on any atom is -0.336 e. The molecule has 4 heteroatoms. The van der Waals surface area contributed by atoms with E-state index in [2.05, 4.69) is 12.1 Å². The third-order valence-corrected chi connectivity index (χ3v) is 6.41. The van der Waals surface area contributed by atoms with Gasteiger partial charge in [0.05, 0.1) is 0 Å². The van der Waals surface area contributed by atoms with Crippen molar-refractivity contribution in [2.75, 3.05) is 13.1 Å². The molecule has 2 aromatic carbocycles. The van der Waals surface area contributed by atoms with Crippen molar-refractivity contribution in [3.63, 3.8) is 0 Å². The molecule has 136 valence electrons. The Balaban J connectivity index is 1.89. The Bertz CT molecular complexity index is 1060. The van der Waals surface area contributed by atoms with Crippen molar-refractivity contribution in [3.8, 4) is 0 Å². The second kappa shape index (κ2) is 7.12. The zero-order chi connectivity index (χ0) is 19.0. The molecule has 0 saturated carbocycles. The van der Waals surface area contributed by atoms with Crippen LogP contribution in [-0.4, -0.2) is 29.7 Å². The third kappa shape index (κ3) is 2.90. The first-order valence-electron chi connectivity index (χ1n) is 9.28. The van der Waals surface area contributed by atoms with Crippen LogP contribution in [0.25, 0.3) is 21.2 Å². The molecule has 0 radical (unpaired) electrons. The lowest BCUT2D eigenvalue weighted by atomic mass is 9.98. The highest BCUT2D eigenvalue weighted by atomic mass is 32.1. The number of likely N-dealkylation sites (N-methyl/N-ethyl adjacent to an activating group) is 1. The molecule has 4 rings (SSSR count). The van der Waals surface area contributed by atoms with E-state index >= 15 is 0 Å². The van der Waals surface area contributed by atoms with E-state index in [0.717, 1.165) is 20.7 Å². The quantitative estimate of drug-likeness (QED) is 0.601. The standard InChI is InChI=1S/C23H21NO2S/c1-3-24(4-2)23(26)21(25)20-17(15-10-6-5-7-11-15)14-18-16-12-8-9-13-19(16)27-22(18)20/h5-13H,3-4,14H2,1-2H3. The van der Waals surface area contributed by atoms with E-state index in [0.29, 0.717) is 25.1 Å². The number of rotatable bonds is 5. The van der Waals surface area contributed by atoms with Gasteiger partial charge in [-0.15, -0.1) is 11.3 Å². The minimum atomic E-state index is -0.409. The number of nitrogens with zero attached hydrogens (tertiary/aromatic N) is 1. The largest absolute Gasteiger partial charge is 0.336 e. The molecule has 0 atom stereocenters. The number of carbonyl (C=O) groups is 2. The Hall–Kier alpha value is -2.72. The van der Waals surface area contributed by atoms with Crippen LogP contribution in [0, 0.1) is 0 Å². The molecular formula is C23H21NO2S. The van der Waals surface area contributed by atoms with Gasteiger partial charge in [-0.05, 0) is 42.0 Å². The highest BCUT2D eigenvalue weighted by Gasteiger charge is 2.35. The molecule has 1 amide bonds. The molecule has 0 saturated heterocycles. The van der Waals surface area contributed by atoms with Crippen LogP contribution in [0.3, 0.4) is 0 Å². The predicted octanol–water partition coefficient (Wildman–Crippen LogP) is 4.81. The van der Waals surface area contributed by atoms with Crippen LogP contribution in [0.1, 0.15) is 29.9 Å². The normalized spacial score (nSPS) is 13.1. The van der Waals surface area contributed by atoms with Crippen molar-refractivity contribution in [1.29, 1.82) is 0 Å². The van der Waals surface area contributed by atoms with Crippen molar-refractivity contribution in [1.82, 2.24) is 4.90 Å². The fraction of sp³-hybridized carbons (Fsp3) is 0.217. The van der Waals surface area contributed by atoms with Gasteiger partial charge in [0.15, 0.2) is 0 Å². The van der Waals surface area contributed by atoms with Gasteiger partial charge in [0.2, 0.25) is 0 Å². The summed E-state index contributed by atoms with van der Waals surface area (Å²) in [4.78, 5) is 28.7. The number of ketones is 1. The van der Waals surface area contributed by atoms with Crippen molar-refractivity contribution in [3.05, 3.63) is 70.6 Å². The maximum Gasteiger partial charge on any atom is 0.295 e. The second-order valence-corrected chi connectivity index (χ2v) is 7.66. The Morgan fingerprint density at radius 3 is 2.33 bits per heavy atom. The first-order chi connectivity index (χ1) is 13.2. The number of amides is 1. The zero-order valence-electron chi connectivity index (χ0n) is 15.5. The van der Waals surface area contributed by atoms with Crippen LogP contribution in [0.2, 0.25) is 0 Å². The minimum absolute atomic E-state index is 0.386. The highest BCUT2D eigenvalue weighted by molar-refractivity contribution is 7.21. The summed E-state index contributed by atoms with van der Waals surface area (Å²) in [6, 6.07) is 18.2. The highest BCUT2D eigenvalue weighted by Crippen LogP contribution is 2.46. The number of hydrogen-bond acceptors (Lipinski definition) is 3. The van der Waals surface area contributed by atoms with Gasteiger partial charge < -0.3 is 4.90 Å². The van der Waals surface area contributed by atoms with Gasteiger partial charge in [-0.3, -0.25) is 9.59 Å². The van der Waals surface area contributed by atoms with Gasteiger partial charge in [0.1, 0.15) is 0 Å². The molecule has 0 bridgehead atoms. The number of carbonyl (C=O) groups excluding carboxylic acids is 2. The molecule has 1 heterocycles. The van der Waals surface area contributed by atoms with E-state index < -0.39 is 5.91 Å². The Morgan fingerprint density at radius 1 is 0.963 bits per heavy atom. The van der Waals surface area contributed by atoms with E-state index in [4.69, 9.17) is 0 Å². The molecule has 1 aromatic heterocycles. The van der Waals surface area contributed by atoms with E-state index in [1.165, 1.54) is 10.9 Å². The number of allylic oxidation sites excluding steroid dienone is 1. The van der Waals surface area contributed by atoms with Crippen LogP contribution in [0.5, 0.6) is 0 Å². The topological polar surface area (TPSA) is 37.4 Å². The molecule has 3 nitrogen and oxygen atoms in total. The van der Waals surface area contributed by atoms with Crippen molar-refractivity contribution in [2.45, 2.75) is 20.3 Å². The lowest BCUT2D eigenvalue weighted by Crippen LogP contribution is -2.36. The van der Waals surface area contributed by atoms with Crippen LogP contribution in [0.4, 0.5) is 0 Å². The molecule has 0 unspecified atom stereocenters. The SMILES string of the molecule is CCN(CC)C(=O)C(=O)C1=C(c2ccccc2)Cc2c1sc1ccccc21. The summed E-state index contributed by atoms with van der Waals surface area (Å²) in [5.41, 5.74) is 3.74. The first kappa shape index (κ1) is 17.7. The predicted molar refractivity (Wildman–Crippen MR) is 112 cm³/mol. The second-order valence-electron chi connectivity index (χ2n) is 6.61. The van der Waals surface area contributed by atoms with Gasteiger partial charge in [0, 0.05) is 34.7 Å². The van der Waals surface area contributed by atoms with Gasteiger partial charge in [0.25, 0.3) is 11.7 Å². The van der Waals surface area contributed by atoms with E-state index in [-0.39, 0.29) is 5.78 Å². The fourth-order valence-corrected chi connectivity index (χ4v) is 5.06. The van der Waals surface area contributed by atoms with E-state index in [9.17, 15) is 9.59 Å². The van der Waals surface area contributed by atoms with Crippen LogP contribution in [0.15, 0.2) is 54.6 Å². The monoisotopic (exact) mass is 375 g/mol. The summed E-state index contributed by atoms with van der Waals surface area (Å²) < 4.78 is 1.16. The summed E-state index contributed by atoms with van der Waals surface area (Å²) >= 11 is 1.62. The van der Waals surface area contributed by atoms with Crippen molar-refractivity contribution < 1.29 is 9.59 Å². The number of fused-ring (bicyclic) bond motifs is 3. The van der Waals surface area contributed by atoms with E-state index in [1.54, 1.807) is 16.2 Å². The summed E-state index contributed by atoms with van der Waals surface area (Å²) in [7, 11) is 0. The lowest BCUT2D eigenvalue weighted by Gasteiger charge is -2.18. The van der Waals surface area contributed by atoms with Crippen LogP contribution >= 0.6 is 11.3 Å². The van der Waals surface area contributed by atoms with Crippen LogP contribution < -0.4 is 0 Å². The molecule has 3 aromatic rings. The third-order valence-electron chi connectivity index (χ3n) is 5.17. The van der Waals surface area contributed by atoms with Gasteiger partial charge >= 0.3 is 0 Å². The molecule has 0 spiro atoms. The van der Waals surface area contributed by atoms with Gasteiger partial charge in [-0.1, -0.05) is 48.5 Å². The summed E-state index contributed by atoms with van der Waals surface area (Å²) in [6.07, 6.45) is 0.690. The number of Topliss-reactive ketones (excluding diaryl/α,β-unsaturated/α-hetero) is 1. The van der Waals surface area contributed by atoms with Crippen molar-refractivity contribution in [2.24, 2.45) is 0 Å². The first-order valence-corrected chi connectivity index (χ1v) is 10.1.